The minimum Gasteiger partial charge on any atom is -0.465 e. The Morgan fingerprint density at radius 2 is 0.672 bits per heavy atom. The lowest BCUT2D eigenvalue weighted by atomic mass is 9.87. The van der Waals surface area contributed by atoms with Crippen molar-refractivity contribution < 1.29 is 81.0 Å². The van der Waals surface area contributed by atoms with Crippen LogP contribution in [-0.2, 0) is 81.0 Å². The smallest absolute Gasteiger partial charge is 0.332 e. The number of esters is 8. The fourth-order valence-electron chi connectivity index (χ4n) is 10.9. The van der Waals surface area contributed by atoms with Gasteiger partial charge in [-0.15, -0.1) is 0 Å². The van der Waals surface area contributed by atoms with Crippen LogP contribution in [0, 0.1) is 95.1 Å². The molecule has 0 aliphatic heterocycles. The van der Waals surface area contributed by atoms with Crippen LogP contribution in [0.2, 0.25) is 0 Å². The van der Waals surface area contributed by atoms with Crippen LogP contribution in [0.1, 0.15) is 467 Å². The van der Waals surface area contributed by atoms with Crippen molar-refractivity contribution in [3.8, 4) is 0 Å². The predicted octanol–water partition coefficient (Wildman–Crippen LogP) is 28.1. The molecule has 2 rings (SSSR count). The molecular weight excluding hydrogens is 1570 g/mol. The molecular formula is C106H214N2O17. The first-order chi connectivity index (χ1) is 56.0. The van der Waals surface area contributed by atoms with Crippen molar-refractivity contribution in [1.82, 2.24) is 0 Å². The molecule has 5 unspecified atom stereocenters. The number of ether oxygens (including phenoxy) is 9. The van der Waals surface area contributed by atoms with Crippen molar-refractivity contribution in [1.29, 1.82) is 0 Å². The second-order valence-corrected chi connectivity index (χ2v) is 49.7. The first-order valence-electron chi connectivity index (χ1n) is 48.5. The van der Waals surface area contributed by atoms with Crippen molar-refractivity contribution in [2.45, 2.75) is 497 Å². The highest BCUT2D eigenvalue weighted by Crippen LogP contribution is 2.31. The topological polar surface area (TPSA) is 272 Å². The number of nitrogens with two attached hydrogens (primary N) is 2. The monoisotopic (exact) mass is 1790 g/mol. The molecule has 2 saturated carbocycles. The minimum atomic E-state index is -0.540. The summed E-state index contributed by atoms with van der Waals surface area (Å²) in [6.07, 6.45) is 22.7. The Labute approximate surface area is 774 Å². The first kappa shape index (κ1) is 136. The molecule has 750 valence electrons. The Hall–Kier alpha value is -4.36. The lowest BCUT2D eigenvalue weighted by Gasteiger charge is -2.27. The molecule has 0 spiro atoms. The van der Waals surface area contributed by atoms with E-state index in [9.17, 15) is 38.4 Å². The van der Waals surface area contributed by atoms with Gasteiger partial charge in [0.2, 0.25) is 0 Å². The fourth-order valence-corrected chi connectivity index (χ4v) is 10.9. The molecule has 0 radical (unpaired) electrons. The van der Waals surface area contributed by atoms with Crippen molar-refractivity contribution in [3.63, 3.8) is 0 Å². The minimum absolute atomic E-state index is 0.0209. The summed E-state index contributed by atoms with van der Waals surface area (Å²) >= 11 is 0. The standard InChI is InChI=1S/C13H27NO2.2C13H24O2.C12H25NO2.C12H24O2.C10H20O3.2C10H20O2.C7H16.C6H14/c1-12(2,3)8-7-9-16-11(15)10(14)13(4,5)6;1-10(9-13(2,3)4)15-12(14)11-7-5-6-8-11;1-13(2,3)9-6-10-15-12(14)11-7-4-5-8-11;1-9(2)10(13)11(14)15-8-6-7-12(3,4)5;1-9(2)7-11(13)14-10(3)8-12(4,5)6;1-5-6-12-7-9(11)13-8-10(2,3)4;1-8(2)6-9(11)12-7-10(3,4)5;1-7(2)9(11)12-8(3)10(4,5)6;1-5-6-7(2,3)4;1-5-6(2,3)4/h10H,7-9,14H2,1-6H3;10-11H,5-9H2,1-4H3;11H,4-10H2,1-3H3;9-10H,6-8,13H2,1-5H3;9-10H,7-8H2,1-6H3;5-8H2,1-4H3;8H,6-7H2,1-5H3;7-8H,1-6H3;5-6H2,1-4H3;5H2,1-4H3. The summed E-state index contributed by atoms with van der Waals surface area (Å²) in [6.45, 7) is 102. The lowest BCUT2D eigenvalue weighted by Crippen LogP contribution is -2.43. The highest BCUT2D eigenvalue weighted by atomic mass is 16.6. The Balaban J connectivity index is -0.000000205. The zero-order valence-corrected chi connectivity index (χ0v) is 91.5. The molecule has 5 atom stereocenters. The molecule has 0 amide bonds. The summed E-state index contributed by atoms with van der Waals surface area (Å²) in [5.41, 5.74) is 13.8. The highest BCUT2D eigenvalue weighted by Gasteiger charge is 2.31. The van der Waals surface area contributed by atoms with E-state index in [0.29, 0.717) is 91.4 Å². The van der Waals surface area contributed by atoms with Gasteiger partial charge in [-0.05, 0) is 188 Å². The van der Waals surface area contributed by atoms with Crippen molar-refractivity contribution in [2.24, 2.45) is 107 Å². The summed E-state index contributed by atoms with van der Waals surface area (Å²) in [5.74, 6) is 0.229. The Morgan fingerprint density at radius 1 is 0.336 bits per heavy atom. The van der Waals surface area contributed by atoms with Crippen molar-refractivity contribution in [2.75, 3.05) is 46.2 Å². The molecule has 0 aromatic heterocycles. The quantitative estimate of drug-likeness (QED) is 0.0371. The molecule has 0 aromatic carbocycles. The summed E-state index contributed by atoms with van der Waals surface area (Å²) in [6, 6.07) is -1.03. The maximum atomic E-state index is 11.7. The van der Waals surface area contributed by atoms with E-state index in [2.05, 4.69) is 201 Å². The van der Waals surface area contributed by atoms with Gasteiger partial charge in [0.15, 0.2) is 0 Å². The van der Waals surface area contributed by atoms with Crippen LogP contribution in [0.25, 0.3) is 0 Å². The van der Waals surface area contributed by atoms with E-state index in [0.717, 1.165) is 83.5 Å². The van der Waals surface area contributed by atoms with E-state index in [-0.39, 0.29) is 129 Å². The molecule has 0 saturated heterocycles. The molecule has 125 heavy (non-hydrogen) atoms. The van der Waals surface area contributed by atoms with E-state index < -0.39 is 12.1 Å². The first-order valence-corrected chi connectivity index (χ1v) is 48.5. The van der Waals surface area contributed by atoms with Crippen LogP contribution in [0.5, 0.6) is 0 Å². The van der Waals surface area contributed by atoms with Gasteiger partial charge >= 0.3 is 47.8 Å². The third-order valence-corrected chi connectivity index (χ3v) is 19.0. The van der Waals surface area contributed by atoms with Gasteiger partial charge < -0.3 is 54.1 Å². The molecule has 0 aromatic rings. The van der Waals surface area contributed by atoms with Crippen LogP contribution < -0.4 is 11.5 Å². The van der Waals surface area contributed by atoms with Gasteiger partial charge in [0, 0.05) is 19.4 Å². The van der Waals surface area contributed by atoms with Crippen LogP contribution in [0.3, 0.4) is 0 Å². The average Bonchev–Trinajstić information content (AvgIpc) is 1.30. The normalized spacial score (nSPS) is 14.7. The molecule has 19 heteroatoms. The molecule has 0 bridgehead atoms. The molecule has 19 nitrogen and oxygen atoms in total. The second kappa shape index (κ2) is 68.6. The SMILES string of the molecule is CC(C)(C)CCCOC(=O)C(N)C(C)(C)C.CC(C)(C)CCCOC(=O)C1CCCC1.CC(C)C(=O)OC(C)C(C)(C)C.CC(C)C(N)C(=O)OCCCC(C)(C)C.CC(C)CC(=O)OC(C)CC(C)(C)C.CC(C)CC(=O)OCC(C)(C)C.CC(CC(C)(C)C)OC(=O)C1CCCC1.CCC(C)(C)C.CCCC(C)(C)C.CCCOCC(=O)OCC(C)(C)C. The van der Waals surface area contributed by atoms with Crippen LogP contribution >= 0.6 is 0 Å². The zero-order chi connectivity index (χ0) is 100. The summed E-state index contributed by atoms with van der Waals surface area (Å²) in [4.78, 5) is 90.8. The largest absolute Gasteiger partial charge is 0.465 e. The number of carbonyl (C=O) groups excluding carboxylic acids is 8. The van der Waals surface area contributed by atoms with Crippen LogP contribution in [0.4, 0.5) is 0 Å². The zero-order valence-electron chi connectivity index (χ0n) is 91.5. The molecule has 0 heterocycles. The van der Waals surface area contributed by atoms with E-state index in [1.54, 1.807) is 0 Å². The number of rotatable bonds is 31. The molecule has 2 fully saturated rings. The Morgan fingerprint density at radius 3 is 0.960 bits per heavy atom. The number of hydrogen-bond donors (Lipinski definition) is 2. The number of carbonyl (C=O) groups is 8. The third kappa shape index (κ3) is 108. The van der Waals surface area contributed by atoms with Gasteiger partial charge in [-0.25, -0.2) is 4.79 Å². The van der Waals surface area contributed by atoms with Crippen molar-refractivity contribution >= 4 is 47.8 Å². The Bertz CT molecular complexity index is 2680. The van der Waals surface area contributed by atoms with Crippen molar-refractivity contribution in [3.05, 3.63) is 0 Å². The van der Waals surface area contributed by atoms with Gasteiger partial charge in [-0.1, -0.05) is 343 Å². The fraction of sp³-hybridized carbons (Fsp3) is 0.925. The maximum absolute atomic E-state index is 11.7. The van der Waals surface area contributed by atoms with Gasteiger partial charge in [-0.3, -0.25) is 33.6 Å². The van der Waals surface area contributed by atoms with Gasteiger partial charge in [0.25, 0.3) is 0 Å². The van der Waals surface area contributed by atoms with E-state index in [4.69, 9.17) is 54.1 Å². The third-order valence-electron chi connectivity index (χ3n) is 19.0. The van der Waals surface area contributed by atoms with Gasteiger partial charge in [-0.2, -0.15) is 0 Å². The number of hydrogen-bond acceptors (Lipinski definition) is 19. The lowest BCUT2D eigenvalue weighted by molar-refractivity contribution is -0.157. The molecule has 2 aliphatic rings. The van der Waals surface area contributed by atoms with Crippen LogP contribution in [-0.4, -0.2) is 124 Å². The summed E-state index contributed by atoms with van der Waals surface area (Å²) in [5, 5.41) is 0. The Kier molecular flexibility index (Phi) is 74.7. The van der Waals surface area contributed by atoms with E-state index >= 15 is 0 Å². The predicted molar refractivity (Wildman–Crippen MR) is 527 cm³/mol. The van der Waals surface area contributed by atoms with E-state index in [1.165, 1.54) is 44.9 Å². The summed E-state index contributed by atoms with van der Waals surface area (Å²) < 4.78 is 46.7. The van der Waals surface area contributed by atoms with E-state index in [1.807, 2.05) is 125 Å². The summed E-state index contributed by atoms with van der Waals surface area (Å²) in [7, 11) is 0. The second-order valence-electron chi connectivity index (χ2n) is 49.7. The van der Waals surface area contributed by atoms with Gasteiger partial charge in [0.05, 0.1) is 63.0 Å². The van der Waals surface area contributed by atoms with Gasteiger partial charge in [0.1, 0.15) is 24.8 Å². The molecule has 2 aliphatic carbocycles. The maximum Gasteiger partial charge on any atom is 0.332 e. The highest BCUT2D eigenvalue weighted by molar-refractivity contribution is 5.77. The molecule has 4 N–H and O–H groups in total. The van der Waals surface area contributed by atoms with Crippen LogP contribution in [0.15, 0.2) is 0 Å². The average molecular weight is 1790 g/mol.